The van der Waals surface area contributed by atoms with Gasteiger partial charge >= 0.3 is 0 Å². The van der Waals surface area contributed by atoms with Crippen molar-refractivity contribution < 1.29 is 17.7 Å². The lowest BCUT2D eigenvalue weighted by Crippen LogP contribution is -2.43. The van der Waals surface area contributed by atoms with E-state index in [-0.39, 0.29) is 23.1 Å². The fraction of sp³-hybridized carbons (Fsp3) is 0.455. The molecule has 168 valence electrons. The van der Waals surface area contributed by atoms with Gasteiger partial charge in [0.05, 0.1) is 5.92 Å². The van der Waals surface area contributed by atoms with Crippen LogP contribution in [-0.4, -0.2) is 55.9 Å². The molecule has 0 saturated carbocycles. The van der Waals surface area contributed by atoms with Gasteiger partial charge < -0.3 is 14.7 Å². The predicted octanol–water partition coefficient (Wildman–Crippen LogP) is 3.12. The second-order valence-corrected chi connectivity index (χ2v) is 9.86. The van der Waals surface area contributed by atoms with Crippen LogP contribution in [0.15, 0.2) is 39.9 Å². The van der Waals surface area contributed by atoms with Crippen molar-refractivity contribution in [1.82, 2.24) is 14.4 Å². The van der Waals surface area contributed by atoms with Gasteiger partial charge in [-0.15, -0.1) is 0 Å². The van der Waals surface area contributed by atoms with Crippen molar-refractivity contribution in [2.45, 2.75) is 38.0 Å². The minimum Gasteiger partial charge on any atom is -0.383 e. The highest BCUT2D eigenvalue weighted by molar-refractivity contribution is 7.89. The normalized spacial score (nSPS) is 17.7. The highest BCUT2D eigenvalue weighted by Crippen LogP contribution is 2.29. The van der Waals surface area contributed by atoms with E-state index in [1.807, 2.05) is 38.4 Å². The first kappa shape index (κ1) is 23.0. The summed E-state index contributed by atoms with van der Waals surface area (Å²) in [6, 6.07) is 7.70. The molecule has 2 aromatic rings. The van der Waals surface area contributed by atoms with E-state index in [0.29, 0.717) is 30.8 Å². The Kier molecular flexibility index (Phi) is 7.17. The number of aryl methyl sites for hydroxylation is 2. The maximum atomic E-state index is 13.4. The fourth-order valence-corrected chi connectivity index (χ4v) is 5.36. The van der Waals surface area contributed by atoms with E-state index in [0.717, 1.165) is 6.42 Å². The molecule has 0 aliphatic carbocycles. The van der Waals surface area contributed by atoms with Gasteiger partial charge in [0.25, 0.3) is 0 Å². The van der Waals surface area contributed by atoms with Crippen LogP contribution >= 0.6 is 0 Å². The highest BCUT2D eigenvalue weighted by atomic mass is 32.2. The highest BCUT2D eigenvalue weighted by Gasteiger charge is 2.36. The Hall–Kier alpha value is -2.65. The van der Waals surface area contributed by atoms with Gasteiger partial charge in [-0.3, -0.25) is 4.79 Å². The van der Waals surface area contributed by atoms with Crippen LogP contribution in [0.4, 0.5) is 5.69 Å². The molecule has 9 heteroatoms. The second kappa shape index (κ2) is 9.65. The molecule has 1 amide bonds. The molecule has 31 heavy (non-hydrogen) atoms. The monoisotopic (exact) mass is 446 g/mol. The second-order valence-electron chi connectivity index (χ2n) is 7.98. The summed E-state index contributed by atoms with van der Waals surface area (Å²) in [5, 5.41) is 6.77. The minimum atomic E-state index is -3.85. The van der Waals surface area contributed by atoms with E-state index in [1.54, 1.807) is 24.1 Å². The van der Waals surface area contributed by atoms with Gasteiger partial charge in [0.15, 0.2) is 10.7 Å². The molecular weight excluding hydrogens is 416 g/mol. The van der Waals surface area contributed by atoms with Crippen molar-refractivity contribution >= 4 is 27.7 Å². The Bertz CT molecular complexity index is 1040. The summed E-state index contributed by atoms with van der Waals surface area (Å²) in [5.41, 5.74) is 2.21. The Balaban J connectivity index is 1.76. The zero-order valence-electron chi connectivity index (χ0n) is 18.5. The summed E-state index contributed by atoms with van der Waals surface area (Å²) in [4.78, 5) is 14.6. The summed E-state index contributed by atoms with van der Waals surface area (Å²) < 4.78 is 33.4. The van der Waals surface area contributed by atoms with Crippen molar-refractivity contribution in [2.75, 3.05) is 32.5 Å². The largest absolute Gasteiger partial charge is 0.383 e. The van der Waals surface area contributed by atoms with Crippen LogP contribution in [0.2, 0.25) is 0 Å². The number of carbonyl (C=O) groups excluding carboxylic acids is 1. The Morgan fingerprint density at radius 2 is 2.03 bits per heavy atom. The molecule has 1 saturated heterocycles. The number of nitrogens with zero attached hydrogens (tertiary/aromatic N) is 3. The average Bonchev–Trinajstić information content (AvgIpc) is 3.14. The number of piperidine rings is 1. The van der Waals surface area contributed by atoms with Crippen LogP contribution in [0.1, 0.15) is 36.8 Å². The lowest BCUT2D eigenvalue weighted by molar-refractivity contribution is -0.120. The third kappa shape index (κ3) is 5.34. The predicted molar refractivity (Wildman–Crippen MR) is 120 cm³/mol. The summed E-state index contributed by atoms with van der Waals surface area (Å²) >= 11 is 0. The quantitative estimate of drug-likeness (QED) is 0.702. The molecule has 1 unspecified atom stereocenters. The molecule has 8 nitrogen and oxygen atoms in total. The lowest BCUT2D eigenvalue weighted by atomic mass is 9.98. The number of carbonyl (C=O) groups is 1. The first-order valence-corrected chi connectivity index (χ1v) is 11.9. The van der Waals surface area contributed by atoms with Gasteiger partial charge in [-0.1, -0.05) is 24.2 Å². The molecular formula is C22H30N4O4S. The molecule has 2 heterocycles. The molecule has 1 fully saturated rings. The third-order valence-corrected chi connectivity index (χ3v) is 7.36. The van der Waals surface area contributed by atoms with Gasteiger partial charge in [0.2, 0.25) is 15.9 Å². The summed E-state index contributed by atoms with van der Waals surface area (Å²) in [6.07, 6.45) is 5.47. The standard InChI is InChI=1S/C22H30N4O4S/c1-5-17-8-10-19(11-9-17)23-22(27)18-7-6-13-26(15-18)31(28,29)21-16(2)24-30-20(21)12-14-25(3)4/h8-12,14,18H,5-7,13,15H2,1-4H3,(H,23,27)/b14-12+. The molecule has 0 spiro atoms. The number of sulfonamides is 1. The zero-order chi connectivity index (χ0) is 22.6. The molecule has 1 atom stereocenters. The third-order valence-electron chi connectivity index (χ3n) is 5.34. The first-order chi connectivity index (χ1) is 14.7. The van der Waals surface area contributed by atoms with Crippen LogP contribution in [0.25, 0.3) is 6.08 Å². The van der Waals surface area contributed by atoms with Crippen molar-refractivity contribution in [3.05, 3.63) is 47.5 Å². The molecule has 1 aromatic carbocycles. The van der Waals surface area contributed by atoms with Crippen molar-refractivity contribution in [3.8, 4) is 0 Å². The maximum Gasteiger partial charge on any atom is 0.248 e. The van der Waals surface area contributed by atoms with E-state index in [2.05, 4.69) is 17.4 Å². The van der Waals surface area contributed by atoms with E-state index in [9.17, 15) is 13.2 Å². The van der Waals surface area contributed by atoms with Gasteiger partial charge in [0.1, 0.15) is 5.69 Å². The van der Waals surface area contributed by atoms with Gasteiger partial charge in [-0.2, -0.15) is 4.31 Å². The van der Waals surface area contributed by atoms with Gasteiger partial charge in [0, 0.05) is 45.1 Å². The lowest BCUT2D eigenvalue weighted by Gasteiger charge is -2.31. The summed E-state index contributed by atoms with van der Waals surface area (Å²) in [6.45, 7) is 4.17. The summed E-state index contributed by atoms with van der Waals surface area (Å²) in [7, 11) is -0.187. The number of hydrogen-bond donors (Lipinski definition) is 1. The summed E-state index contributed by atoms with van der Waals surface area (Å²) in [5.74, 6) is -0.400. The van der Waals surface area contributed by atoms with Crippen LogP contribution < -0.4 is 5.32 Å². The minimum absolute atomic E-state index is 0.0572. The van der Waals surface area contributed by atoms with E-state index in [4.69, 9.17) is 4.52 Å². The Morgan fingerprint density at radius 1 is 1.32 bits per heavy atom. The Labute approximate surface area is 183 Å². The van der Waals surface area contributed by atoms with E-state index >= 15 is 0 Å². The smallest absolute Gasteiger partial charge is 0.248 e. The Morgan fingerprint density at radius 3 is 2.68 bits per heavy atom. The molecule has 3 rings (SSSR count). The number of benzene rings is 1. The molecule has 0 bridgehead atoms. The number of anilines is 1. The van der Waals surface area contributed by atoms with E-state index in [1.165, 1.54) is 9.87 Å². The number of aromatic nitrogens is 1. The number of amides is 1. The first-order valence-electron chi connectivity index (χ1n) is 10.4. The molecule has 1 N–H and O–H groups in total. The number of rotatable bonds is 7. The van der Waals surface area contributed by atoms with Gasteiger partial charge in [-0.25, -0.2) is 8.42 Å². The van der Waals surface area contributed by atoms with Crippen LogP contribution in [-0.2, 0) is 21.2 Å². The topological polar surface area (TPSA) is 95.8 Å². The maximum absolute atomic E-state index is 13.4. The molecule has 0 radical (unpaired) electrons. The van der Waals surface area contributed by atoms with E-state index < -0.39 is 15.9 Å². The fourth-order valence-electron chi connectivity index (χ4n) is 3.59. The van der Waals surface area contributed by atoms with Crippen molar-refractivity contribution in [1.29, 1.82) is 0 Å². The number of nitrogens with one attached hydrogen (secondary N) is 1. The average molecular weight is 447 g/mol. The van der Waals surface area contributed by atoms with Crippen molar-refractivity contribution in [2.24, 2.45) is 5.92 Å². The molecule has 1 aromatic heterocycles. The molecule has 1 aliphatic heterocycles. The van der Waals surface area contributed by atoms with Crippen molar-refractivity contribution in [3.63, 3.8) is 0 Å². The van der Waals surface area contributed by atoms with Crippen LogP contribution in [0.5, 0.6) is 0 Å². The van der Waals surface area contributed by atoms with Crippen LogP contribution in [0.3, 0.4) is 0 Å². The van der Waals surface area contributed by atoms with Gasteiger partial charge in [-0.05, 0) is 43.9 Å². The SMILES string of the molecule is CCc1ccc(NC(=O)C2CCCN(S(=O)(=O)c3c(C)noc3/C=C/N(C)C)C2)cc1. The number of hydrogen-bond acceptors (Lipinski definition) is 6. The zero-order valence-corrected chi connectivity index (χ0v) is 19.3. The van der Waals surface area contributed by atoms with Crippen LogP contribution in [0, 0.1) is 12.8 Å². The molecule has 1 aliphatic rings.